The molecule has 3 rings (SSSR count). The average molecular weight is 364 g/mol. The van der Waals surface area contributed by atoms with Gasteiger partial charge in [0.15, 0.2) is 6.61 Å². The van der Waals surface area contributed by atoms with Crippen LogP contribution in [0.4, 0.5) is 11.4 Å². The number of anilines is 2. The third-order valence-electron chi connectivity index (χ3n) is 4.69. The summed E-state index contributed by atoms with van der Waals surface area (Å²) >= 11 is 0. The average Bonchev–Trinajstić information content (AvgIpc) is 2.73. The Hall–Kier alpha value is -3.04. The summed E-state index contributed by atoms with van der Waals surface area (Å²) in [5.74, 6) is 0.354. The molecule has 1 heterocycles. The van der Waals surface area contributed by atoms with Crippen LogP contribution in [0.25, 0.3) is 0 Å². The van der Waals surface area contributed by atoms with Gasteiger partial charge in [-0.1, -0.05) is 19.1 Å². The Kier molecular flexibility index (Phi) is 6.29. The number of ether oxygens (including phenoxy) is 1. The Morgan fingerprint density at radius 1 is 1.11 bits per heavy atom. The van der Waals surface area contributed by atoms with Crippen molar-refractivity contribution >= 4 is 17.3 Å². The van der Waals surface area contributed by atoms with Gasteiger partial charge < -0.3 is 19.9 Å². The van der Waals surface area contributed by atoms with Crippen LogP contribution in [-0.4, -0.2) is 50.1 Å². The number of hydrogen-bond acceptors (Lipinski definition) is 5. The molecule has 6 heteroatoms. The van der Waals surface area contributed by atoms with Gasteiger partial charge in [0.25, 0.3) is 5.91 Å². The summed E-state index contributed by atoms with van der Waals surface area (Å²) in [6.07, 6.45) is 0. The lowest BCUT2D eigenvalue weighted by Gasteiger charge is -2.36. The Bertz CT molecular complexity index is 806. The molecule has 140 valence electrons. The van der Waals surface area contributed by atoms with Gasteiger partial charge in [0.05, 0.1) is 23.0 Å². The van der Waals surface area contributed by atoms with Crippen molar-refractivity contribution in [2.75, 3.05) is 49.5 Å². The van der Waals surface area contributed by atoms with E-state index in [1.807, 2.05) is 24.3 Å². The predicted octanol–water partition coefficient (Wildman–Crippen LogP) is 2.72. The first-order valence-corrected chi connectivity index (χ1v) is 9.18. The van der Waals surface area contributed by atoms with Crippen LogP contribution < -0.4 is 15.0 Å². The topological polar surface area (TPSA) is 68.6 Å². The minimum absolute atomic E-state index is 0.0795. The van der Waals surface area contributed by atoms with Crippen LogP contribution in [0.3, 0.4) is 0 Å². The number of carbonyl (C=O) groups excluding carboxylic acids is 1. The SMILES string of the molecule is CCN1CCN(c2ccccc2NC(=O)COc2ccc(C#N)cc2)CC1. The van der Waals surface area contributed by atoms with E-state index in [1.165, 1.54) is 0 Å². The van der Waals surface area contributed by atoms with Crippen molar-refractivity contribution in [2.24, 2.45) is 0 Å². The highest BCUT2D eigenvalue weighted by Gasteiger charge is 2.18. The maximum absolute atomic E-state index is 12.3. The van der Waals surface area contributed by atoms with E-state index in [9.17, 15) is 4.79 Å². The van der Waals surface area contributed by atoms with Crippen LogP contribution in [-0.2, 0) is 4.79 Å². The Balaban J connectivity index is 1.58. The van der Waals surface area contributed by atoms with Gasteiger partial charge in [0.1, 0.15) is 5.75 Å². The van der Waals surface area contributed by atoms with Crippen molar-refractivity contribution in [1.29, 1.82) is 5.26 Å². The summed E-state index contributed by atoms with van der Waals surface area (Å²) in [4.78, 5) is 17.1. The maximum atomic E-state index is 12.3. The molecular formula is C21H24N4O2. The molecule has 1 fully saturated rings. The quantitative estimate of drug-likeness (QED) is 0.854. The van der Waals surface area contributed by atoms with Crippen molar-refractivity contribution in [3.8, 4) is 11.8 Å². The summed E-state index contributed by atoms with van der Waals surface area (Å²) in [5, 5.41) is 11.8. The van der Waals surface area contributed by atoms with Gasteiger partial charge in [-0.05, 0) is 42.9 Å². The number of likely N-dealkylation sites (N-methyl/N-ethyl adjacent to an activating group) is 1. The number of para-hydroxylation sites is 2. The van der Waals surface area contributed by atoms with Crippen molar-refractivity contribution in [2.45, 2.75) is 6.92 Å². The summed E-state index contributed by atoms with van der Waals surface area (Å²) in [7, 11) is 0. The van der Waals surface area contributed by atoms with E-state index in [1.54, 1.807) is 24.3 Å². The van der Waals surface area contributed by atoms with Gasteiger partial charge in [-0.25, -0.2) is 0 Å². The molecule has 1 N–H and O–H groups in total. The van der Waals surface area contributed by atoms with Crippen molar-refractivity contribution < 1.29 is 9.53 Å². The molecule has 1 saturated heterocycles. The van der Waals surface area contributed by atoms with Crippen molar-refractivity contribution in [1.82, 2.24) is 4.90 Å². The van der Waals surface area contributed by atoms with Gasteiger partial charge in [-0.2, -0.15) is 5.26 Å². The lowest BCUT2D eigenvalue weighted by atomic mass is 10.2. The second-order valence-electron chi connectivity index (χ2n) is 6.41. The van der Waals surface area contributed by atoms with Crippen LogP contribution in [0, 0.1) is 11.3 Å². The number of carbonyl (C=O) groups is 1. The van der Waals surface area contributed by atoms with Crippen LogP contribution in [0.15, 0.2) is 48.5 Å². The second kappa shape index (κ2) is 9.06. The maximum Gasteiger partial charge on any atom is 0.262 e. The molecule has 2 aromatic carbocycles. The molecule has 27 heavy (non-hydrogen) atoms. The zero-order chi connectivity index (χ0) is 19.1. The molecular weight excluding hydrogens is 340 g/mol. The van der Waals surface area contributed by atoms with Gasteiger partial charge >= 0.3 is 0 Å². The molecule has 2 aromatic rings. The van der Waals surface area contributed by atoms with Gasteiger partial charge in [-0.3, -0.25) is 4.79 Å². The van der Waals surface area contributed by atoms with Crippen LogP contribution >= 0.6 is 0 Å². The molecule has 0 radical (unpaired) electrons. The van der Waals surface area contributed by atoms with E-state index >= 15 is 0 Å². The Morgan fingerprint density at radius 3 is 2.48 bits per heavy atom. The summed E-state index contributed by atoms with van der Waals surface area (Å²) < 4.78 is 5.51. The van der Waals surface area contributed by atoms with Crippen molar-refractivity contribution in [3.63, 3.8) is 0 Å². The summed E-state index contributed by atoms with van der Waals surface area (Å²) in [5.41, 5.74) is 2.40. The van der Waals surface area contributed by atoms with E-state index < -0.39 is 0 Å². The second-order valence-corrected chi connectivity index (χ2v) is 6.41. The van der Waals surface area contributed by atoms with Crippen LogP contribution in [0.2, 0.25) is 0 Å². The monoisotopic (exact) mass is 364 g/mol. The summed E-state index contributed by atoms with van der Waals surface area (Å²) in [6, 6.07) is 16.6. The highest BCUT2D eigenvalue weighted by Crippen LogP contribution is 2.26. The lowest BCUT2D eigenvalue weighted by Crippen LogP contribution is -2.46. The molecule has 0 bridgehead atoms. The highest BCUT2D eigenvalue weighted by atomic mass is 16.5. The van der Waals surface area contributed by atoms with Crippen LogP contribution in [0.1, 0.15) is 12.5 Å². The Morgan fingerprint density at radius 2 is 1.81 bits per heavy atom. The number of piperazine rings is 1. The van der Waals surface area contributed by atoms with E-state index in [0.29, 0.717) is 11.3 Å². The van der Waals surface area contributed by atoms with Crippen molar-refractivity contribution in [3.05, 3.63) is 54.1 Å². The number of nitrogens with zero attached hydrogens (tertiary/aromatic N) is 3. The molecule has 0 aromatic heterocycles. The normalized spacial score (nSPS) is 14.4. The minimum atomic E-state index is -0.209. The molecule has 0 saturated carbocycles. The van der Waals surface area contributed by atoms with E-state index in [0.717, 1.165) is 44.1 Å². The fourth-order valence-corrected chi connectivity index (χ4v) is 3.12. The number of benzene rings is 2. The highest BCUT2D eigenvalue weighted by molar-refractivity contribution is 5.95. The van der Waals surface area contributed by atoms with Crippen LogP contribution in [0.5, 0.6) is 5.75 Å². The number of nitriles is 1. The molecule has 1 amide bonds. The van der Waals surface area contributed by atoms with E-state index in [2.05, 4.69) is 28.1 Å². The van der Waals surface area contributed by atoms with Gasteiger partial charge in [-0.15, -0.1) is 0 Å². The molecule has 1 aliphatic heterocycles. The first kappa shape index (κ1) is 18.7. The third-order valence-corrected chi connectivity index (χ3v) is 4.69. The zero-order valence-corrected chi connectivity index (χ0v) is 15.5. The fraction of sp³-hybridized carbons (Fsp3) is 0.333. The molecule has 0 atom stereocenters. The van der Waals surface area contributed by atoms with Gasteiger partial charge in [0.2, 0.25) is 0 Å². The molecule has 6 nitrogen and oxygen atoms in total. The molecule has 0 unspecified atom stereocenters. The summed E-state index contributed by atoms with van der Waals surface area (Å²) in [6.45, 7) is 7.12. The van der Waals surface area contributed by atoms with E-state index in [4.69, 9.17) is 10.00 Å². The number of hydrogen-bond donors (Lipinski definition) is 1. The lowest BCUT2D eigenvalue weighted by molar-refractivity contribution is -0.118. The predicted molar refractivity (Wildman–Crippen MR) is 106 cm³/mol. The minimum Gasteiger partial charge on any atom is -0.484 e. The Labute approximate surface area is 160 Å². The molecule has 0 aliphatic carbocycles. The number of rotatable bonds is 6. The first-order chi connectivity index (χ1) is 13.2. The van der Waals surface area contributed by atoms with Gasteiger partial charge in [0, 0.05) is 26.2 Å². The van der Waals surface area contributed by atoms with E-state index in [-0.39, 0.29) is 12.5 Å². The fourth-order valence-electron chi connectivity index (χ4n) is 3.12. The third kappa shape index (κ3) is 4.99. The number of amides is 1. The molecule has 1 aliphatic rings. The first-order valence-electron chi connectivity index (χ1n) is 9.18. The standard InChI is InChI=1S/C21H24N4O2/c1-2-24-11-13-25(14-12-24)20-6-4-3-5-19(20)23-21(26)16-27-18-9-7-17(15-22)8-10-18/h3-10H,2,11-14,16H2,1H3,(H,23,26). The smallest absolute Gasteiger partial charge is 0.262 e. The largest absolute Gasteiger partial charge is 0.484 e. The number of nitrogens with one attached hydrogen (secondary N) is 1. The zero-order valence-electron chi connectivity index (χ0n) is 15.5. The molecule has 0 spiro atoms.